The predicted octanol–water partition coefficient (Wildman–Crippen LogP) is 4.23. The van der Waals surface area contributed by atoms with Crippen LogP contribution in [0.2, 0.25) is 5.02 Å². The van der Waals surface area contributed by atoms with Gasteiger partial charge in [0.2, 0.25) is 0 Å². The number of carbonyl (C=O) groups excluding carboxylic acids is 1. The molecule has 2 aromatic carbocycles. The molecule has 0 fully saturated rings. The van der Waals surface area contributed by atoms with Crippen molar-refractivity contribution in [2.75, 3.05) is 20.3 Å². The van der Waals surface area contributed by atoms with Gasteiger partial charge in [0.25, 0.3) is 5.91 Å². The van der Waals surface area contributed by atoms with Crippen LogP contribution in [0, 0.1) is 12.7 Å². The Morgan fingerprint density at radius 2 is 2.00 bits per heavy atom. The second kappa shape index (κ2) is 9.80. The van der Waals surface area contributed by atoms with Gasteiger partial charge in [-0.2, -0.15) is 0 Å². The number of aromatic nitrogens is 2. The Balaban J connectivity index is 1.81. The normalized spacial score (nSPS) is 12.8. The van der Waals surface area contributed by atoms with E-state index in [0.717, 1.165) is 5.69 Å². The van der Waals surface area contributed by atoms with Gasteiger partial charge in [-0.25, -0.2) is 9.37 Å². The summed E-state index contributed by atoms with van der Waals surface area (Å²) >= 11 is 5.92. The molecule has 0 aliphatic rings. The number of hydrogen-bond acceptors (Lipinski definition) is 5. The van der Waals surface area contributed by atoms with E-state index in [9.17, 15) is 14.3 Å². The molecule has 1 atom stereocenters. The molecule has 3 rings (SSSR count). The summed E-state index contributed by atoms with van der Waals surface area (Å²) < 4.78 is 26.1. The molecule has 0 radical (unpaired) electrons. The van der Waals surface area contributed by atoms with Gasteiger partial charge in [0.1, 0.15) is 17.2 Å². The molecule has 176 valence electrons. The van der Waals surface area contributed by atoms with Crippen molar-refractivity contribution >= 4 is 17.5 Å². The van der Waals surface area contributed by atoms with E-state index in [4.69, 9.17) is 21.1 Å². The zero-order chi connectivity index (χ0) is 24.3. The van der Waals surface area contributed by atoms with E-state index in [1.54, 1.807) is 42.8 Å². The summed E-state index contributed by atoms with van der Waals surface area (Å²) in [7, 11) is 3.26. The zero-order valence-electron chi connectivity index (χ0n) is 19.2. The molecule has 33 heavy (non-hydrogen) atoms. The zero-order valence-corrected chi connectivity index (χ0v) is 20.0. The van der Waals surface area contributed by atoms with Crippen LogP contribution in [0.3, 0.4) is 0 Å². The first-order valence-corrected chi connectivity index (χ1v) is 10.8. The second-order valence-corrected chi connectivity index (χ2v) is 8.22. The minimum Gasteiger partial charge on any atom is -0.493 e. The van der Waals surface area contributed by atoms with Crippen molar-refractivity contribution in [3.63, 3.8) is 0 Å². The van der Waals surface area contributed by atoms with Crippen molar-refractivity contribution in [1.82, 2.24) is 14.9 Å². The Morgan fingerprint density at radius 1 is 1.27 bits per heavy atom. The maximum Gasteiger partial charge on any atom is 0.251 e. The molecule has 2 N–H and O–H groups in total. The Morgan fingerprint density at radius 3 is 2.64 bits per heavy atom. The van der Waals surface area contributed by atoms with Crippen LogP contribution in [0.25, 0.3) is 11.3 Å². The highest BCUT2D eigenvalue weighted by Crippen LogP contribution is 2.31. The fraction of sp³-hybridized carbons (Fsp3) is 0.333. The van der Waals surface area contributed by atoms with Crippen LogP contribution in [0.15, 0.2) is 36.4 Å². The molecular formula is C24H27ClFN3O4. The van der Waals surface area contributed by atoms with Crippen LogP contribution in [0.4, 0.5) is 4.39 Å². The molecule has 9 heteroatoms. The Hall–Kier alpha value is -3.10. The SMILES string of the molecule is CCOc1ccc(C(=O)NCC(C)(O)c2nc(-c3ccc(F)c(Cl)c3)c(C)n2C)cc1OC. The van der Waals surface area contributed by atoms with E-state index in [2.05, 4.69) is 10.3 Å². The van der Waals surface area contributed by atoms with E-state index in [0.29, 0.717) is 40.8 Å². The molecular weight excluding hydrogens is 449 g/mol. The third-order valence-corrected chi connectivity index (χ3v) is 5.66. The molecule has 1 heterocycles. The number of rotatable bonds is 8. The molecule has 3 aromatic rings. The second-order valence-electron chi connectivity index (χ2n) is 7.81. The summed E-state index contributed by atoms with van der Waals surface area (Å²) in [6, 6.07) is 9.21. The standard InChI is InChI=1S/C24H27ClFN3O4/c1-6-33-19-10-8-16(12-20(19)32-5)22(30)27-13-24(3,31)23-28-21(14(2)29(23)4)15-7-9-18(26)17(25)11-15/h7-12,31H,6,13H2,1-5H3,(H,27,30). The van der Waals surface area contributed by atoms with Gasteiger partial charge < -0.3 is 24.5 Å². The number of nitrogens with zero attached hydrogens (tertiary/aromatic N) is 2. The van der Waals surface area contributed by atoms with Crippen molar-refractivity contribution in [2.24, 2.45) is 7.05 Å². The fourth-order valence-corrected chi connectivity index (χ4v) is 3.68. The van der Waals surface area contributed by atoms with Gasteiger partial charge in [0.05, 0.1) is 31.0 Å². The fourth-order valence-electron chi connectivity index (χ4n) is 3.50. The van der Waals surface area contributed by atoms with E-state index < -0.39 is 11.4 Å². The highest BCUT2D eigenvalue weighted by molar-refractivity contribution is 6.31. The maximum atomic E-state index is 13.6. The van der Waals surface area contributed by atoms with E-state index in [1.807, 2.05) is 13.8 Å². The lowest BCUT2D eigenvalue weighted by molar-refractivity contribution is 0.0424. The van der Waals surface area contributed by atoms with Crippen molar-refractivity contribution in [2.45, 2.75) is 26.4 Å². The van der Waals surface area contributed by atoms with Gasteiger partial charge in [-0.1, -0.05) is 11.6 Å². The smallest absolute Gasteiger partial charge is 0.251 e. The van der Waals surface area contributed by atoms with Crippen molar-refractivity contribution in [1.29, 1.82) is 0 Å². The van der Waals surface area contributed by atoms with Gasteiger partial charge in [0, 0.05) is 23.9 Å². The average molecular weight is 476 g/mol. The van der Waals surface area contributed by atoms with Gasteiger partial charge >= 0.3 is 0 Å². The molecule has 7 nitrogen and oxygen atoms in total. The number of methoxy groups -OCH3 is 1. The first kappa shape index (κ1) is 24.5. The average Bonchev–Trinajstić information content (AvgIpc) is 3.10. The highest BCUT2D eigenvalue weighted by atomic mass is 35.5. The minimum absolute atomic E-state index is 0.0103. The lowest BCUT2D eigenvalue weighted by atomic mass is 10.1. The van der Waals surface area contributed by atoms with Crippen LogP contribution in [0.1, 0.15) is 35.7 Å². The Labute approximate surface area is 197 Å². The first-order chi connectivity index (χ1) is 15.6. The predicted molar refractivity (Wildman–Crippen MR) is 124 cm³/mol. The number of halogens is 2. The van der Waals surface area contributed by atoms with Gasteiger partial charge in [-0.3, -0.25) is 4.79 Å². The third-order valence-electron chi connectivity index (χ3n) is 5.37. The summed E-state index contributed by atoms with van der Waals surface area (Å²) in [5, 5.41) is 13.9. The number of hydrogen-bond donors (Lipinski definition) is 2. The molecule has 0 aliphatic carbocycles. The van der Waals surface area contributed by atoms with E-state index in [-0.39, 0.29) is 17.5 Å². The van der Waals surface area contributed by atoms with Gasteiger partial charge in [-0.15, -0.1) is 0 Å². The van der Waals surface area contributed by atoms with Gasteiger partial charge in [0.15, 0.2) is 11.5 Å². The molecule has 0 spiro atoms. The lowest BCUT2D eigenvalue weighted by Crippen LogP contribution is -2.40. The van der Waals surface area contributed by atoms with Crippen molar-refractivity contribution in [3.05, 3.63) is 64.3 Å². The monoisotopic (exact) mass is 475 g/mol. The van der Waals surface area contributed by atoms with Crippen LogP contribution in [0.5, 0.6) is 11.5 Å². The molecule has 0 saturated carbocycles. The number of carbonyl (C=O) groups is 1. The highest BCUT2D eigenvalue weighted by Gasteiger charge is 2.31. The molecule has 1 unspecified atom stereocenters. The number of benzene rings is 2. The Bertz CT molecular complexity index is 1180. The summed E-state index contributed by atoms with van der Waals surface area (Å²) in [4.78, 5) is 17.3. The largest absolute Gasteiger partial charge is 0.493 e. The number of imidazole rings is 1. The molecule has 1 aromatic heterocycles. The quantitative estimate of drug-likeness (QED) is 0.509. The summed E-state index contributed by atoms with van der Waals surface area (Å²) in [5.74, 6) is 0.432. The number of ether oxygens (including phenoxy) is 2. The van der Waals surface area contributed by atoms with E-state index >= 15 is 0 Å². The van der Waals surface area contributed by atoms with E-state index in [1.165, 1.54) is 19.2 Å². The van der Waals surface area contributed by atoms with Crippen LogP contribution in [-0.4, -0.2) is 40.8 Å². The van der Waals surface area contributed by atoms with Crippen molar-refractivity contribution in [3.8, 4) is 22.8 Å². The topological polar surface area (TPSA) is 85.6 Å². The van der Waals surface area contributed by atoms with Gasteiger partial charge in [-0.05, 0) is 57.2 Å². The van der Waals surface area contributed by atoms with Crippen LogP contribution < -0.4 is 14.8 Å². The first-order valence-electron chi connectivity index (χ1n) is 10.4. The summed E-state index contributed by atoms with van der Waals surface area (Å²) in [6.45, 7) is 5.64. The number of amides is 1. The molecule has 0 aliphatic heterocycles. The molecule has 0 saturated heterocycles. The molecule has 1 amide bonds. The Kier molecular flexibility index (Phi) is 7.29. The van der Waals surface area contributed by atoms with Crippen molar-refractivity contribution < 1.29 is 23.8 Å². The lowest BCUT2D eigenvalue weighted by Gasteiger charge is -2.23. The summed E-state index contributed by atoms with van der Waals surface area (Å²) in [6.07, 6.45) is 0. The maximum absolute atomic E-state index is 13.6. The van der Waals surface area contributed by atoms with Crippen LogP contribution >= 0.6 is 11.6 Å². The third kappa shape index (κ3) is 5.12. The minimum atomic E-state index is -1.48. The van der Waals surface area contributed by atoms with Crippen LogP contribution in [-0.2, 0) is 12.6 Å². The number of aliphatic hydroxyl groups is 1. The number of nitrogens with one attached hydrogen (secondary N) is 1. The summed E-state index contributed by atoms with van der Waals surface area (Å²) in [5.41, 5.74) is 0.839. The molecule has 0 bridgehead atoms.